The lowest BCUT2D eigenvalue weighted by molar-refractivity contribution is -0.140. The SMILES string of the molecule is COC(=O)CCCS(=O)(=O)NCCC1CCCNC1. The van der Waals surface area contributed by atoms with E-state index in [0.717, 1.165) is 32.4 Å². The van der Waals surface area contributed by atoms with Crippen molar-refractivity contribution in [3.63, 3.8) is 0 Å². The molecule has 1 fully saturated rings. The Kier molecular flexibility index (Phi) is 7.33. The highest BCUT2D eigenvalue weighted by molar-refractivity contribution is 7.89. The molecule has 7 heteroatoms. The summed E-state index contributed by atoms with van der Waals surface area (Å²) in [5.41, 5.74) is 0. The number of ether oxygens (including phenoxy) is 1. The zero-order chi connectivity index (χ0) is 14.1. The van der Waals surface area contributed by atoms with Crippen LogP contribution in [0.3, 0.4) is 0 Å². The molecule has 1 atom stereocenters. The lowest BCUT2D eigenvalue weighted by Gasteiger charge is -2.22. The van der Waals surface area contributed by atoms with Crippen LogP contribution >= 0.6 is 0 Å². The molecular weight excluding hydrogens is 268 g/mol. The van der Waals surface area contributed by atoms with E-state index in [0.29, 0.717) is 18.9 Å². The van der Waals surface area contributed by atoms with Crippen molar-refractivity contribution in [2.75, 3.05) is 32.5 Å². The van der Waals surface area contributed by atoms with E-state index < -0.39 is 10.0 Å². The molecule has 1 aliphatic heterocycles. The summed E-state index contributed by atoms with van der Waals surface area (Å²) in [5.74, 6) is 0.167. The second-order valence-corrected chi connectivity index (χ2v) is 6.82. The number of hydrogen-bond acceptors (Lipinski definition) is 5. The summed E-state index contributed by atoms with van der Waals surface area (Å²) < 4.78 is 30.4. The van der Waals surface area contributed by atoms with Crippen LogP contribution in [0, 0.1) is 5.92 Å². The normalized spacial score (nSPS) is 20.2. The van der Waals surface area contributed by atoms with Gasteiger partial charge in [0.2, 0.25) is 10.0 Å². The molecule has 0 spiro atoms. The van der Waals surface area contributed by atoms with Gasteiger partial charge in [0.25, 0.3) is 0 Å². The third kappa shape index (κ3) is 7.49. The Morgan fingerprint density at radius 1 is 1.47 bits per heavy atom. The van der Waals surface area contributed by atoms with Crippen LogP contribution in [0.1, 0.15) is 32.1 Å². The summed E-state index contributed by atoms with van der Waals surface area (Å²) in [6.45, 7) is 2.52. The maximum Gasteiger partial charge on any atom is 0.305 e. The minimum Gasteiger partial charge on any atom is -0.469 e. The number of rotatable bonds is 8. The summed E-state index contributed by atoms with van der Waals surface area (Å²) >= 11 is 0. The lowest BCUT2D eigenvalue weighted by atomic mass is 9.96. The number of esters is 1. The number of nitrogens with one attached hydrogen (secondary N) is 2. The molecule has 19 heavy (non-hydrogen) atoms. The van der Waals surface area contributed by atoms with Crippen molar-refractivity contribution in [3.8, 4) is 0 Å². The molecule has 1 heterocycles. The zero-order valence-electron chi connectivity index (χ0n) is 11.5. The maximum absolute atomic E-state index is 11.7. The highest BCUT2D eigenvalue weighted by Gasteiger charge is 2.15. The minimum absolute atomic E-state index is 0.0228. The highest BCUT2D eigenvalue weighted by atomic mass is 32.2. The average Bonchev–Trinajstić information content (AvgIpc) is 2.39. The minimum atomic E-state index is -3.26. The molecule has 1 aliphatic rings. The Morgan fingerprint density at radius 2 is 2.26 bits per heavy atom. The van der Waals surface area contributed by atoms with Crippen molar-refractivity contribution in [1.82, 2.24) is 10.0 Å². The van der Waals surface area contributed by atoms with Crippen molar-refractivity contribution in [2.45, 2.75) is 32.1 Å². The molecule has 1 rings (SSSR count). The summed E-state index contributed by atoms with van der Waals surface area (Å²) in [5, 5.41) is 3.31. The first-order valence-electron chi connectivity index (χ1n) is 6.78. The fourth-order valence-electron chi connectivity index (χ4n) is 2.17. The van der Waals surface area contributed by atoms with Gasteiger partial charge in [0.05, 0.1) is 12.9 Å². The Morgan fingerprint density at radius 3 is 2.89 bits per heavy atom. The Balaban J connectivity index is 2.13. The van der Waals surface area contributed by atoms with E-state index in [2.05, 4.69) is 14.8 Å². The van der Waals surface area contributed by atoms with Crippen LogP contribution in [-0.4, -0.2) is 46.9 Å². The van der Waals surface area contributed by atoms with Gasteiger partial charge < -0.3 is 10.1 Å². The van der Waals surface area contributed by atoms with Crippen LogP contribution in [0.25, 0.3) is 0 Å². The molecule has 2 N–H and O–H groups in total. The van der Waals surface area contributed by atoms with Gasteiger partial charge in [0.15, 0.2) is 0 Å². The summed E-state index contributed by atoms with van der Waals surface area (Å²) in [7, 11) is -1.97. The van der Waals surface area contributed by atoms with Crippen LogP contribution in [-0.2, 0) is 19.6 Å². The van der Waals surface area contributed by atoms with Crippen LogP contribution in [0.4, 0.5) is 0 Å². The van der Waals surface area contributed by atoms with Crippen LogP contribution in [0.5, 0.6) is 0 Å². The van der Waals surface area contributed by atoms with Crippen molar-refractivity contribution in [3.05, 3.63) is 0 Å². The van der Waals surface area contributed by atoms with E-state index in [1.54, 1.807) is 0 Å². The summed E-state index contributed by atoms with van der Waals surface area (Å²) in [6, 6.07) is 0. The largest absolute Gasteiger partial charge is 0.469 e. The first kappa shape index (κ1) is 16.4. The number of sulfonamides is 1. The van der Waals surface area contributed by atoms with E-state index in [9.17, 15) is 13.2 Å². The predicted octanol–water partition coefficient (Wildman–Crippen LogP) is 0.249. The fourth-order valence-corrected chi connectivity index (χ4v) is 3.27. The average molecular weight is 292 g/mol. The second kappa shape index (κ2) is 8.50. The van der Waals surface area contributed by atoms with E-state index >= 15 is 0 Å². The van der Waals surface area contributed by atoms with E-state index in [1.807, 2.05) is 0 Å². The van der Waals surface area contributed by atoms with Gasteiger partial charge in [-0.25, -0.2) is 13.1 Å². The molecule has 0 aliphatic carbocycles. The van der Waals surface area contributed by atoms with Gasteiger partial charge in [-0.2, -0.15) is 0 Å². The third-order valence-electron chi connectivity index (χ3n) is 3.30. The molecule has 1 unspecified atom stereocenters. The fraction of sp³-hybridized carbons (Fsp3) is 0.917. The molecule has 0 aromatic carbocycles. The smallest absolute Gasteiger partial charge is 0.305 e. The van der Waals surface area contributed by atoms with E-state index in [1.165, 1.54) is 7.11 Å². The third-order valence-corrected chi connectivity index (χ3v) is 4.77. The van der Waals surface area contributed by atoms with Gasteiger partial charge in [0, 0.05) is 13.0 Å². The Hall–Kier alpha value is -0.660. The highest BCUT2D eigenvalue weighted by Crippen LogP contribution is 2.13. The first-order chi connectivity index (χ1) is 9.03. The van der Waals surface area contributed by atoms with E-state index in [4.69, 9.17) is 0 Å². The Labute approximate surface area is 115 Å². The topological polar surface area (TPSA) is 84.5 Å². The van der Waals surface area contributed by atoms with E-state index in [-0.39, 0.29) is 18.1 Å². The molecule has 112 valence electrons. The molecule has 0 radical (unpaired) electrons. The van der Waals surface area contributed by atoms with Crippen LogP contribution in [0.15, 0.2) is 0 Å². The van der Waals surface area contributed by atoms with Crippen LogP contribution in [0.2, 0.25) is 0 Å². The molecule has 0 aromatic heterocycles. The molecule has 0 amide bonds. The van der Waals surface area contributed by atoms with Crippen molar-refractivity contribution in [1.29, 1.82) is 0 Å². The van der Waals surface area contributed by atoms with Crippen molar-refractivity contribution >= 4 is 16.0 Å². The zero-order valence-corrected chi connectivity index (χ0v) is 12.3. The van der Waals surface area contributed by atoms with Crippen molar-refractivity contribution in [2.24, 2.45) is 5.92 Å². The molecule has 0 saturated carbocycles. The van der Waals surface area contributed by atoms with Crippen LogP contribution < -0.4 is 10.0 Å². The second-order valence-electron chi connectivity index (χ2n) is 4.89. The van der Waals surface area contributed by atoms with Gasteiger partial charge in [-0.05, 0) is 44.7 Å². The van der Waals surface area contributed by atoms with Gasteiger partial charge in [-0.1, -0.05) is 0 Å². The van der Waals surface area contributed by atoms with Gasteiger partial charge in [-0.3, -0.25) is 4.79 Å². The summed E-state index contributed by atoms with van der Waals surface area (Å²) in [6.07, 6.45) is 3.63. The first-order valence-corrected chi connectivity index (χ1v) is 8.43. The number of carbonyl (C=O) groups excluding carboxylic acids is 1. The number of piperidine rings is 1. The van der Waals surface area contributed by atoms with Gasteiger partial charge in [-0.15, -0.1) is 0 Å². The number of methoxy groups -OCH3 is 1. The molecular formula is C12H24N2O4S. The molecule has 0 bridgehead atoms. The monoisotopic (exact) mass is 292 g/mol. The molecule has 1 saturated heterocycles. The quantitative estimate of drug-likeness (QED) is 0.626. The standard InChI is InChI=1S/C12H24N2O4S/c1-18-12(15)5-3-9-19(16,17)14-8-6-11-4-2-7-13-10-11/h11,13-14H,2-10H2,1H3. The number of carbonyl (C=O) groups is 1. The van der Waals surface area contributed by atoms with Crippen molar-refractivity contribution < 1.29 is 17.9 Å². The molecule has 6 nitrogen and oxygen atoms in total. The lowest BCUT2D eigenvalue weighted by Crippen LogP contribution is -2.34. The molecule has 0 aromatic rings. The Bertz CT molecular complexity index is 364. The number of hydrogen-bond donors (Lipinski definition) is 2. The predicted molar refractivity (Wildman–Crippen MR) is 73.3 cm³/mol. The van der Waals surface area contributed by atoms with Gasteiger partial charge >= 0.3 is 5.97 Å². The van der Waals surface area contributed by atoms with Gasteiger partial charge in [0.1, 0.15) is 0 Å². The summed E-state index contributed by atoms with van der Waals surface area (Å²) in [4.78, 5) is 10.9. The maximum atomic E-state index is 11.7.